The lowest BCUT2D eigenvalue weighted by atomic mass is 9.99. The molecule has 2 aliphatic rings. The zero-order valence-corrected chi connectivity index (χ0v) is 41.0. The summed E-state index contributed by atoms with van der Waals surface area (Å²) in [6.07, 6.45) is 8.60. The van der Waals surface area contributed by atoms with E-state index in [1.807, 2.05) is 13.8 Å². The maximum absolute atomic E-state index is 14.5. The predicted molar refractivity (Wildman–Crippen MR) is 271 cm³/mol. The van der Waals surface area contributed by atoms with E-state index in [1.165, 1.54) is 24.3 Å². The number of benzene rings is 4. The average Bonchev–Trinajstić information content (AvgIpc) is 4.17. The lowest BCUT2D eigenvalue weighted by molar-refractivity contribution is -0.0107. The molecule has 0 radical (unpaired) electrons. The highest BCUT2D eigenvalue weighted by Gasteiger charge is 2.35. The Morgan fingerprint density at radius 1 is 0.712 bits per heavy atom. The number of amides is 2. The van der Waals surface area contributed by atoms with Crippen LogP contribution in [0.2, 0.25) is 0 Å². The molecule has 0 aliphatic carbocycles. The monoisotopic (exact) mass is 990 g/mol. The summed E-state index contributed by atoms with van der Waals surface area (Å²) >= 11 is 0. The van der Waals surface area contributed by atoms with E-state index in [0.29, 0.717) is 121 Å². The van der Waals surface area contributed by atoms with Crippen LogP contribution in [0.3, 0.4) is 0 Å². The number of nitrogens with zero attached hydrogens (tertiary/aromatic N) is 8. The molecule has 2 saturated heterocycles. The van der Waals surface area contributed by atoms with Crippen molar-refractivity contribution in [3.05, 3.63) is 150 Å². The van der Waals surface area contributed by atoms with Crippen LogP contribution in [0, 0.1) is 11.6 Å². The van der Waals surface area contributed by atoms with Gasteiger partial charge in [0.2, 0.25) is 5.88 Å². The Morgan fingerprint density at radius 3 is 1.86 bits per heavy atom. The van der Waals surface area contributed by atoms with Crippen LogP contribution >= 0.6 is 0 Å². The number of likely N-dealkylation sites (tertiary alicyclic amines) is 2. The first-order valence-corrected chi connectivity index (χ1v) is 24.4. The fourth-order valence-electron chi connectivity index (χ4n) is 10.0. The first-order chi connectivity index (χ1) is 35.5. The van der Waals surface area contributed by atoms with E-state index >= 15 is 0 Å². The van der Waals surface area contributed by atoms with E-state index in [-0.39, 0.29) is 29.6 Å². The van der Waals surface area contributed by atoms with Crippen molar-refractivity contribution in [2.45, 2.75) is 44.6 Å². The Hall–Kier alpha value is -7.80. The summed E-state index contributed by atoms with van der Waals surface area (Å²) in [5.41, 5.74) is 6.39. The highest BCUT2D eigenvalue weighted by Crippen LogP contribution is 2.38. The average molecular weight is 991 g/mol. The normalized spacial score (nSPS) is 16.1. The lowest BCUT2D eigenvalue weighted by Gasteiger charge is -2.40. The summed E-state index contributed by atoms with van der Waals surface area (Å²) in [7, 11) is 3.52. The van der Waals surface area contributed by atoms with Crippen molar-refractivity contribution in [2.75, 3.05) is 66.6 Å². The lowest BCUT2D eigenvalue weighted by Crippen LogP contribution is -2.53. The second-order valence-corrected chi connectivity index (χ2v) is 18.6. The molecule has 3 N–H and O–H groups in total. The minimum Gasteiger partial charge on any atom is -0.493 e. The highest BCUT2D eigenvalue weighted by molar-refractivity contribution is 5.97. The Labute approximate surface area is 420 Å². The van der Waals surface area contributed by atoms with Crippen molar-refractivity contribution in [2.24, 2.45) is 0 Å². The third-order valence-corrected chi connectivity index (χ3v) is 13.8. The summed E-state index contributed by atoms with van der Waals surface area (Å²) in [4.78, 5) is 45.9. The fraction of sp³-hybridized carbons (Fsp3) is 0.309. The Morgan fingerprint density at radius 2 is 1.29 bits per heavy atom. The molecule has 73 heavy (non-hydrogen) atoms. The summed E-state index contributed by atoms with van der Waals surface area (Å²) in [5.74, 6) is 0.0630. The molecule has 0 bridgehead atoms. The number of aromatic amines is 2. The summed E-state index contributed by atoms with van der Waals surface area (Å²) in [5, 5.41) is 27.0. The van der Waals surface area contributed by atoms with Crippen LogP contribution in [0.25, 0.3) is 44.1 Å². The molecule has 2 amide bonds. The number of nitrogens with one attached hydrogen (secondary N) is 2. The molecule has 4 aromatic heterocycles. The van der Waals surface area contributed by atoms with Crippen molar-refractivity contribution in [1.82, 2.24) is 50.0 Å². The number of hydrogen-bond donors (Lipinski definition) is 3. The van der Waals surface area contributed by atoms with Crippen LogP contribution in [0.4, 0.5) is 8.78 Å². The highest BCUT2D eigenvalue weighted by atomic mass is 19.1. The van der Waals surface area contributed by atoms with Crippen LogP contribution in [-0.4, -0.2) is 146 Å². The predicted octanol–water partition coefficient (Wildman–Crippen LogP) is 8.10. The van der Waals surface area contributed by atoms with Gasteiger partial charge in [-0.05, 0) is 92.1 Å². The number of aromatic nitrogens is 6. The van der Waals surface area contributed by atoms with Crippen LogP contribution in [0.15, 0.2) is 116 Å². The van der Waals surface area contributed by atoms with Crippen molar-refractivity contribution in [3.63, 3.8) is 0 Å². The first kappa shape index (κ1) is 48.8. The van der Waals surface area contributed by atoms with Gasteiger partial charge in [0, 0.05) is 117 Å². The molecule has 16 nitrogen and oxygen atoms in total. The number of hydrogen-bond acceptors (Lipinski definition) is 12. The second-order valence-electron chi connectivity index (χ2n) is 18.6. The van der Waals surface area contributed by atoms with Crippen LogP contribution in [0.5, 0.6) is 17.4 Å². The standard InChI is InChI=1S/C55H56F2N10O6/c1-5-71-49-21-35(13-15-42(49)33-9-7-11-38(56)19-33)54(69)64(3)47(44-25-58-23-37-24-60-61-51(37)44)31-66-18-17-41(30-66)73-53-46-27-59-26-45(52(46)62-63-53)48(32-67-28-40(68)29-67)65(4)55(70)36-14-16-43(50(22-36)72-6-2)34-10-8-12-39(57)20-34/h7-16,19-27,40-41,47-48,68H,5-6,17-18,28-32H2,1-4H3,(H,60,61)(H,62,63). The van der Waals surface area contributed by atoms with Crippen molar-refractivity contribution in [3.8, 4) is 39.6 Å². The number of aliphatic hydroxyl groups excluding tert-OH is 1. The van der Waals surface area contributed by atoms with Gasteiger partial charge in [-0.1, -0.05) is 24.3 Å². The summed E-state index contributed by atoms with van der Waals surface area (Å²) in [6, 6.07) is 22.0. The van der Waals surface area contributed by atoms with Gasteiger partial charge in [-0.25, -0.2) is 8.78 Å². The quantitative estimate of drug-likeness (QED) is 0.0754. The van der Waals surface area contributed by atoms with Crippen LogP contribution < -0.4 is 14.2 Å². The third-order valence-electron chi connectivity index (χ3n) is 13.8. The van der Waals surface area contributed by atoms with Gasteiger partial charge < -0.3 is 29.1 Å². The largest absolute Gasteiger partial charge is 0.493 e. The maximum Gasteiger partial charge on any atom is 0.254 e. The fourth-order valence-corrected chi connectivity index (χ4v) is 10.0. The van der Waals surface area contributed by atoms with Crippen LogP contribution in [-0.2, 0) is 0 Å². The van der Waals surface area contributed by atoms with E-state index < -0.39 is 18.2 Å². The molecule has 3 unspecified atom stereocenters. The van der Waals surface area contributed by atoms with E-state index in [1.54, 1.807) is 116 Å². The van der Waals surface area contributed by atoms with Crippen molar-refractivity contribution < 1.29 is 37.7 Å². The van der Waals surface area contributed by atoms with Gasteiger partial charge in [0.1, 0.15) is 29.2 Å². The van der Waals surface area contributed by atoms with Gasteiger partial charge in [-0.15, -0.1) is 5.10 Å². The molecular formula is C55H56F2N10O6. The van der Waals surface area contributed by atoms with E-state index in [0.717, 1.165) is 22.0 Å². The van der Waals surface area contributed by atoms with Gasteiger partial charge in [0.25, 0.3) is 11.8 Å². The molecule has 8 aromatic rings. The number of likely N-dealkylation sites (N-methyl/N-ethyl adjacent to an activating group) is 2. The molecular weight excluding hydrogens is 935 g/mol. The molecule has 6 heterocycles. The number of aliphatic hydroxyl groups is 1. The number of fused-ring (bicyclic) bond motifs is 2. The number of carbonyl (C=O) groups is 2. The smallest absolute Gasteiger partial charge is 0.254 e. The molecule has 3 atom stereocenters. The molecule has 4 aromatic carbocycles. The number of ether oxygens (including phenoxy) is 3. The number of β-amino-alcohol motifs (C(OH)–C–C–N with tert-alkyl or cyclic N) is 1. The number of halogens is 2. The van der Waals surface area contributed by atoms with Crippen molar-refractivity contribution >= 4 is 33.6 Å². The van der Waals surface area contributed by atoms with Gasteiger partial charge in [0.15, 0.2) is 0 Å². The third kappa shape index (κ3) is 10.2. The molecule has 0 spiro atoms. The molecule has 10 rings (SSSR count). The minimum atomic E-state index is -0.521. The van der Waals surface area contributed by atoms with E-state index in [9.17, 15) is 23.5 Å². The Bertz CT molecular complexity index is 3290. The van der Waals surface area contributed by atoms with Crippen LogP contribution in [0.1, 0.15) is 64.2 Å². The van der Waals surface area contributed by atoms with E-state index in [2.05, 4.69) is 40.2 Å². The number of rotatable bonds is 18. The molecule has 376 valence electrons. The van der Waals surface area contributed by atoms with E-state index in [4.69, 9.17) is 14.2 Å². The van der Waals surface area contributed by atoms with Gasteiger partial charge in [-0.2, -0.15) is 5.10 Å². The molecule has 18 heteroatoms. The van der Waals surface area contributed by atoms with Crippen molar-refractivity contribution in [1.29, 1.82) is 0 Å². The number of carbonyl (C=O) groups excluding carboxylic acids is 2. The molecule has 2 aliphatic heterocycles. The number of H-pyrrole nitrogens is 2. The zero-order valence-electron chi connectivity index (χ0n) is 41.0. The van der Waals surface area contributed by atoms with Gasteiger partial charge >= 0.3 is 0 Å². The van der Waals surface area contributed by atoms with Gasteiger partial charge in [-0.3, -0.25) is 39.6 Å². The summed E-state index contributed by atoms with van der Waals surface area (Å²) in [6.45, 7) is 7.41. The zero-order chi connectivity index (χ0) is 50.8. The molecule has 2 fully saturated rings. The topological polar surface area (TPSA) is 178 Å². The second kappa shape index (κ2) is 21.1. The summed E-state index contributed by atoms with van der Waals surface area (Å²) < 4.78 is 47.2. The first-order valence-electron chi connectivity index (χ1n) is 24.4. The Balaban J connectivity index is 0.884. The van der Waals surface area contributed by atoms with Gasteiger partial charge in [0.05, 0.1) is 54.0 Å². The minimum absolute atomic E-state index is 0.239. The number of pyridine rings is 2. The maximum atomic E-state index is 14.5. The molecule has 0 saturated carbocycles. The Kier molecular flexibility index (Phi) is 14.1. The SMILES string of the molecule is CCOc1cc(C(=O)N(C)C(CN2CCC(Oc3n[nH]c4c(C(CN5CC(O)C5)N(C)C(=O)c5ccc(-c6cccc(F)c6)c(OCC)c5)cncc34)C2)c2cncc3cn[nH]c23)ccc1-c1cccc(F)c1.